The van der Waals surface area contributed by atoms with E-state index >= 15 is 0 Å². The number of hydrogen-bond donors (Lipinski definition) is 1. The average Bonchev–Trinajstić information content (AvgIpc) is 2.36. The van der Waals surface area contributed by atoms with E-state index in [9.17, 15) is 4.79 Å². The number of anilines is 1. The van der Waals surface area contributed by atoms with Crippen LogP contribution in [0.3, 0.4) is 0 Å². The van der Waals surface area contributed by atoms with Crippen molar-refractivity contribution in [3.8, 4) is 0 Å². The van der Waals surface area contributed by atoms with Crippen LogP contribution in [0.15, 0.2) is 38.4 Å². The molecule has 2 heterocycles. The van der Waals surface area contributed by atoms with Gasteiger partial charge >= 0.3 is 0 Å². The molecular weight excluding hydrogens is 364 g/mol. The van der Waals surface area contributed by atoms with Gasteiger partial charge in [-0.05, 0) is 37.9 Å². The van der Waals surface area contributed by atoms with E-state index in [0.29, 0.717) is 16.8 Å². The molecule has 2 rings (SSSR count). The fourth-order valence-corrected chi connectivity index (χ4v) is 2.68. The summed E-state index contributed by atoms with van der Waals surface area (Å²) in [5.41, 5.74) is 0.624. The van der Waals surface area contributed by atoms with Crippen LogP contribution in [0.2, 0.25) is 0 Å². The Balaban J connectivity index is 2.31. The van der Waals surface area contributed by atoms with E-state index in [4.69, 9.17) is 0 Å². The number of nitrogens with one attached hydrogen (secondary N) is 1. The third-order valence-corrected chi connectivity index (χ3v) is 3.30. The van der Waals surface area contributed by atoms with Crippen molar-refractivity contribution in [2.24, 2.45) is 0 Å². The van der Waals surface area contributed by atoms with Crippen LogP contribution < -0.4 is 10.9 Å². The Morgan fingerprint density at radius 1 is 1.33 bits per heavy atom. The predicted octanol–water partition coefficient (Wildman–Crippen LogP) is 2.25. The fraction of sp³-hybridized carbons (Fsp3) is 0.182. The van der Waals surface area contributed by atoms with Crippen molar-refractivity contribution >= 4 is 37.7 Å². The second kappa shape index (κ2) is 5.62. The lowest BCUT2D eigenvalue weighted by molar-refractivity contribution is 0.728. The molecule has 0 bridgehead atoms. The first-order valence-electron chi connectivity index (χ1n) is 5.14. The zero-order valence-corrected chi connectivity index (χ0v) is 12.7. The van der Waals surface area contributed by atoms with Gasteiger partial charge in [0, 0.05) is 17.7 Å². The van der Waals surface area contributed by atoms with Gasteiger partial charge in [0.05, 0.1) is 29.1 Å². The Labute approximate surface area is 121 Å². The number of hydrogen-bond acceptors (Lipinski definition) is 4. The Morgan fingerprint density at radius 3 is 2.72 bits per heavy atom. The molecular formula is C11H10Br2N4O. The second-order valence-corrected chi connectivity index (χ2v) is 5.35. The average molecular weight is 374 g/mol. The van der Waals surface area contributed by atoms with Gasteiger partial charge in [-0.2, -0.15) is 0 Å². The van der Waals surface area contributed by atoms with Crippen LogP contribution in [0.4, 0.5) is 5.82 Å². The molecule has 2 aromatic heterocycles. The standard InChI is InChI=1S/C11H10Br2N4O/c1-14-10-4-15-8(3-16-10)6-17-5-7(12)2-9(13)11(17)18/h2-5H,6H2,1H3,(H,14,16). The zero-order chi connectivity index (χ0) is 13.1. The molecule has 7 heteroatoms. The number of rotatable bonds is 3. The van der Waals surface area contributed by atoms with Crippen molar-refractivity contribution in [1.29, 1.82) is 0 Å². The molecule has 0 aliphatic rings. The topological polar surface area (TPSA) is 59.8 Å². The smallest absolute Gasteiger partial charge is 0.265 e. The van der Waals surface area contributed by atoms with Crippen LogP contribution in [0.1, 0.15) is 5.69 Å². The quantitative estimate of drug-likeness (QED) is 0.896. The maximum absolute atomic E-state index is 11.9. The molecule has 5 nitrogen and oxygen atoms in total. The first-order chi connectivity index (χ1) is 8.60. The number of nitrogens with zero attached hydrogens (tertiary/aromatic N) is 3. The highest BCUT2D eigenvalue weighted by Crippen LogP contribution is 2.13. The Hall–Kier alpha value is -1.21. The lowest BCUT2D eigenvalue weighted by Crippen LogP contribution is -2.21. The molecule has 0 saturated carbocycles. The number of pyridine rings is 1. The first-order valence-corrected chi connectivity index (χ1v) is 6.73. The summed E-state index contributed by atoms with van der Waals surface area (Å²) in [5.74, 6) is 0.696. The molecule has 0 saturated heterocycles. The van der Waals surface area contributed by atoms with Crippen molar-refractivity contribution in [1.82, 2.24) is 14.5 Å². The third-order valence-electron chi connectivity index (χ3n) is 2.30. The molecule has 2 aromatic rings. The summed E-state index contributed by atoms with van der Waals surface area (Å²) in [6.07, 6.45) is 5.00. The van der Waals surface area contributed by atoms with E-state index < -0.39 is 0 Å². The van der Waals surface area contributed by atoms with Gasteiger partial charge in [0.15, 0.2) is 0 Å². The monoisotopic (exact) mass is 372 g/mol. The fourth-order valence-electron chi connectivity index (χ4n) is 1.42. The normalized spacial score (nSPS) is 10.4. The molecule has 0 aliphatic carbocycles. The lowest BCUT2D eigenvalue weighted by Gasteiger charge is -2.07. The molecule has 94 valence electrons. The van der Waals surface area contributed by atoms with E-state index in [1.54, 1.807) is 36.3 Å². The summed E-state index contributed by atoms with van der Waals surface area (Å²) in [6.45, 7) is 0.383. The first kappa shape index (κ1) is 13.2. The summed E-state index contributed by atoms with van der Waals surface area (Å²) in [7, 11) is 1.78. The summed E-state index contributed by atoms with van der Waals surface area (Å²) < 4.78 is 2.91. The highest BCUT2D eigenvalue weighted by molar-refractivity contribution is 9.11. The highest BCUT2D eigenvalue weighted by Gasteiger charge is 2.05. The minimum atomic E-state index is -0.0994. The summed E-state index contributed by atoms with van der Waals surface area (Å²) in [5, 5.41) is 2.89. The predicted molar refractivity (Wildman–Crippen MR) is 76.8 cm³/mol. The van der Waals surface area contributed by atoms with Gasteiger partial charge in [-0.25, -0.2) is 4.98 Å². The molecule has 0 amide bonds. The van der Waals surface area contributed by atoms with Crippen LogP contribution in [-0.2, 0) is 6.54 Å². The van der Waals surface area contributed by atoms with Crippen LogP contribution >= 0.6 is 31.9 Å². The maximum atomic E-state index is 11.9. The van der Waals surface area contributed by atoms with Gasteiger partial charge in [-0.3, -0.25) is 9.78 Å². The van der Waals surface area contributed by atoms with Crippen LogP contribution in [0.25, 0.3) is 0 Å². The lowest BCUT2D eigenvalue weighted by atomic mass is 10.4. The van der Waals surface area contributed by atoms with Gasteiger partial charge in [-0.1, -0.05) is 0 Å². The second-order valence-electron chi connectivity index (χ2n) is 3.58. The van der Waals surface area contributed by atoms with Crippen LogP contribution in [0, 0.1) is 0 Å². The van der Waals surface area contributed by atoms with Crippen LogP contribution in [-0.4, -0.2) is 21.6 Å². The largest absolute Gasteiger partial charge is 0.372 e. The van der Waals surface area contributed by atoms with Gasteiger partial charge in [0.2, 0.25) is 0 Å². The van der Waals surface area contributed by atoms with Crippen molar-refractivity contribution in [2.45, 2.75) is 6.54 Å². The molecule has 0 aromatic carbocycles. The molecule has 0 spiro atoms. The van der Waals surface area contributed by atoms with E-state index in [0.717, 1.165) is 10.2 Å². The molecule has 0 radical (unpaired) electrons. The molecule has 18 heavy (non-hydrogen) atoms. The minimum Gasteiger partial charge on any atom is -0.372 e. The van der Waals surface area contributed by atoms with E-state index in [1.807, 2.05) is 0 Å². The number of halogens is 2. The van der Waals surface area contributed by atoms with Crippen molar-refractivity contribution in [3.63, 3.8) is 0 Å². The number of aromatic nitrogens is 3. The van der Waals surface area contributed by atoms with Crippen molar-refractivity contribution in [2.75, 3.05) is 12.4 Å². The van der Waals surface area contributed by atoms with Crippen molar-refractivity contribution in [3.05, 3.63) is 49.7 Å². The molecule has 1 N–H and O–H groups in total. The highest BCUT2D eigenvalue weighted by atomic mass is 79.9. The summed E-state index contributed by atoms with van der Waals surface area (Å²) in [6, 6.07) is 1.72. The third kappa shape index (κ3) is 2.97. The van der Waals surface area contributed by atoms with E-state index in [2.05, 4.69) is 47.1 Å². The van der Waals surface area contributed by atoms with E-state index in [-0.39, 0.29) is 5.56 Å². The molecule has 0 unspecified atom stereocenters. The molecule has 0 atom stereocenters. The SMILES string of the molecule is CNc1cnc(Cn2cc(Br)cc(Br)c2=O)cn1. The summed E-state index contributed by atoms with van der Waals surface area (Å²) >= 11 is 6.57. The van der Waals surface area contributed by atoms with Gasteiger partial charge in [-0.15, -0.1) is 0 Å². The van der Waals surface area contributed by atoms with Crippen molar-refractivity contribution < 1.29 is 0 Å². The maximum Gasteiger partial charge on any atom is 0.265 e. The Kier molecular flexibility index (Phi) is 4.13. The Bertz CT molecular complexity index is 609. The molecule has 0 fully saturated rings. The van der Waals surface area contributed by atoms with Crippen LogP contribution in [0.5, 0.6) is 0 Å². The van der Waals surface area contributed by atoms with E-state index in [1.165, 1.54) is 0 Å². The zero-order valence-electron chi connectivity index (χ0n) is 9.52. The Morgan fingerprint density at radius 2 is 2.11 bits per heavy atom. The summed E-state index contributed by atoms with van der Waals surface area (Å²) in [4.78, 5) is 20.3. The van der Waals surface area contributed by atoms with Gasteiger partial charge in [0.1, 0.15) is 5.82 Å². The minimum absolute atomic E-state index is 0.0994. The van der Waals surface area contributed by atoms with Gasteiger partial charge < -0.3 is 9.88 Å². The van der Waals surface area contributed by atoms with Gasteiger partial charge in [0.25, 0.3) is 5.56 Å². The molecule has 0 aliphatic heterocycles.